The van der Waals surface area contributed by atoms with E-state index >= 15 is 0 Å². The second kappa shape index (κ2) is 8.34. The summed E-state index contributed by atoms with van der Waals surface area (Å²) in [4.78, 5) is 16.3. The van der Waals surface area contributed by atoms with Gasteiger partial charge in [0.25, 0.3) is 0 Å². The molecular formula is C15H19N3O4S2. The zero-order valence-corrected chi connectivity index (χ0v) is 14.8. The highest BCUT2D eigenvalue weighted by Crippen LogP contribution is 2.11. The first kappa shape index (κ1) is 18.5. The number of carbonyl (C=O) groups excluding carboxylic acids is 1. The van der Waals surface area contributed by atoms with Crippen LogP contribution in [-0.2, 0) is 39.0 Å². The first-order valence-electron chi connectivity index (χ1n) is 7.19. The maximum Gasteiger partial charge on any atom is 0.238 e. The molecule has 0 atom stereocenters. The maximum absolute atomic E-state index is 11.9. The number of methoxy groups -OCH3 is 1. The Hall–Kier alpha value is -1.81. The van der Waals surface area contributed by atoms with E-state index in [-0.39, 0.29) is 17.2 Å². The van der Waals surface area contributed by atoms with Gasteiger partial charge in [-0.15, -0.1) is 11.3 Å². The molecule has 1 aromatic carbocycles. The molecule has 2 rings (SSSR count). The van der Waals surface area contributed by atoms with Crippen LogP contribution in [0.3, 0.4) is 0 Å². The Bertz CT molecular complexity index is 785. The number of nitrogens with two attached hydrogens (primary N) is 1. The molecule has 0 radical (unpaired) electrons. The number of hydrogen-bond acceptors (Lipinski definition) is 6. The summed E-state index contributed by atoms with van der Waals surface area (Å²) in [5, 5.41) is 10.6. The van der Waals surface area contributed by atoms with Crippen molar-refractivity contribution < 1.29 is 17.9 Å². The summed E-state index contributed by atoms with van der Waals surface area (Å²) in [5.74, 6) is -0.106. The molecule has 0 unspecified atom stereocenters. The van der Waals surface area contributed by atoms with Crippen molar-refractivity contribution >= 4 is 27.3 Å². The van der Waals surface area contributed by atoms with Crippen LogP contribution in [0.15, 0.2) is 34.5 Å². The summed E-state index contributed by atoms with van der Waals surface area (Å²) in [7, 11) is -2.07. The van der Waals surface area contributed by atoms with E-state index in [9.17, 15) is 13.2 Å². The summed E-state index contributed by atoms with van der Waals surface area (Å²) in [6, 6.07) is 6.28. The Morgan fingerprint density at radius 3 is 2.67 bits per heavy atom. The third-order valence-corrected chi connectivity index (χ3v) is 5.00. The van der Waals surface area contributed by atoms with Gasteiger partial charge in [0.05, 0.1) is 23.6 Å². The minimum Gasteiger partial charge on any atom is -0.378 e. The molecule has 0 saturated heterocycles. The number of nitrogens with one attached hydrogen (secondary N) is 1. The molecule has 0 bridgehead atoms. The highest BCUT2D eigenvalue weighted by molar-refractivity contribution is 7.89. The fourth-order valence-electron chi connectivity index (χ4n) is 2.04. The van der Waals surface area contributed by atoms with E-state index in [1.807, 2.05) is 5.38 Å². The second-order valence-electron chi connectivity index (χ2n) is 5.13. The van der Waals surface area contributed by atoms with E-state index in [2.05, 4.69) is 10.3 Å². The smallest absolute Gasteiger partial charge is 0.238 e. The Morgan fingerprint density at radius 1 is 1.33 bits per heavy atom. The van der Waals surface area contributed by atoms with Crippen LogP contribution in [0.1, 0.15) is 16.3 Å². The van der Waals surface area contributed by atoms with Gasteiger partial charge >= 0.3 is 0 Å². The zero-order chi connectivity index (χ0) is 17.6. The van der Waals surface area contributed by atoms with Gasteiger partial charge in [0.2, 0.25) is 15.9 Å². The van der Waals surface area contributed by atoms with Crippen molar-refractivity contribution in [2.24, 2.45) is 5.14 Å². The standard InChI is InChI=1S/C15H19N3O4S2/c1-22-9-15-18-12(10-23-15)8-14(19)17-7-6-11-2-4-13(5-3-11)24(16,20)21/h2-5,10H,6-9H2,1H3,(H,17,19)(H2,16,20,21). The van der Waals surface area contributed by atoms with Gasteiger partial charge in [-0.05, 0) is 24.1 Å². The van der Waals surface area contributed by atoms with E-state index in [4.69, 9.17) is 9.88 Å². The maximum atomic E-state index is 11.9. The number of sulfonamides is 1. The van der Waals surface area contributed by atoms with Gasteiger partial charge < -0.3 is 10.1 Å². The lowest BCUT2D eigenvalue weighted by Crippen LogP contribution is -2.27. The number of ether oxygens (including phenoxy) is 1. The number of rotatable bonds is 8. The molecule has 9 heteroatoms. The van der Waals surface area contributed by atoms with Crippen LogP contribution in [0, 0.1) is 0 Å². The number of hydrogen-bond donors (Lipinski definition) is 2. The van der Waals surface area contributed by atoms with Crippen LogP contribution in [0.25, 0.3) is 0 Å². The molecule has 0 aliphatic rings. The van der Waals surface area contributed by atoms with E-state index in [0.717, 1.165) is 16.3 Å². The van der Waals surface area contributed by atoms with Gasteiger partial charge in [-0.1, -0.05) is 12.1 Å². The predicted octanol–water partition coefficient (Wildman–Crippen LogP) is 0.838. The minimum atomic E-state index is -3.68. The van der Waals surface area contributed by atoms with E-state index in [1.165, 1.54) is 23.5 Å². The average Bonchev–Trinajstić information content (AvgIpc) is 2.94. The number of nitrogens with zero attached hydrogens (tertiary/aromatic N) is 1. The van der Waals surface area contributed by atoms with Crippen LogP contribution >= 0.6 is 11.3 Å². The summed E-state index contributed by atoms with van der Waals surface area (Å²) in [5.41, 5.74) is 1.64. The summed E-state index contributed by atoms with van der Waals surface area (Å²) in [6.45, 7) is 0.906. The van der Waals surface area contributed by atoms with Crippen molar-refractivity contribution in [1.82, 2.24) is 10.3 Å². The fourth-order valence-corrected chi connectivity index (χ4v) is 3.32. The lowest BCUT2D eigenvalue weighted by molar-refractivity contribution is -0.120. The molecule has 2 aromatic rings. The summed E-state index contributed by atoms with van der Waals surface area (Å²) >= 11 is 1.46. The molecule has 0 aliphatic carbocycles. The number of thiazole rings is 1. The van der Waals surface area contributed by atoms with Gasteiger partial charge in [-0.25, -0.2) is 18.5 Å². The molecule has 3 N–H and O–H groups in total. The van der Waals surface area contributed by atoms with Crippen molar-refractivity contribution in [3.8, 4) is 0 Å². The number of carbonyl (C=O) groups is 1. The van der Waals surface area contributed by atoms with Gasteiger partial charge in [-0.3, -0.25) is 4.79 Å². The molecular weight excluding hydrogens is 350 g/mol. The van der Waals surface area contributed by atoms with Crippen molar-refractivity contribution in [1.29, 1.82) is 0 Å². The molecule has 24 heavy (non-hydrogen) atoms. The third-order valence-electron chi connectivity index (χ3n) is 3.20. The molecule has 0 spiro atoms. The monoisotopic (exact) mass is 369 g/mol. The largest absolute Gasteiger partial charge is 0.378 e. The molecule has 0 saturated carbocycles. The minimum absolute atomic E-state index is 0.0747. The number of primary sulfonamides is 1. The van der Waals surface area contributed by atoms with Crippen LogP contribution < -0.4 is 10.5 Å². The van der Waals surface area contributed by atoms with Crippen molar-refractivity contribution in [3.05, 3.63) is 45.9 Å². The molecule has 0 aliphatic heterocycles. The summed E-state index contributed by atoms with van der Waals surface area (Å²) < 4.78 is 27.3. The zero-order valence-electron chi connectivity index (χ0n) is 13.2. The first-order chi connectivity index (χ1) is 11.4. The first-order valence-corrected chi connectivity index (χ1v) is 9.62. The molecule has 1 heterocycles. The van der Waals surface area contributed by atoms with Crippen LogP contribution in [0.4, 0.5) is 0 Å². The second-order valence-corrected chi connectivity index (χ2v) is 7.64. The molecule has 130 valence electrons. The summed E-state index contributed by atoms with van der Waals surface area (Å²) in [6.07, 6.45) is 0.827. The van der Waals surface area contributed by atoms with Crippen LogP contribution in [-0.4, -0.2) is 33.0 Å². The third kappa shape index (κ3) is 5.68. The van der Waals surface area contributed by atoms with Crippen molar-refractivity contribution in [2.75, 3.05) is 13.7 Å². The Labute approximate surface area is 144 Å². The normalized spacial score (nSPS) is 11.4. The van der Waals surface area contributed by atoms with Gasteiger partial charge in [0, 0.05) is 19.0 Å². The Kier molecular flexibility index (Phi) is 6.44. The van der Waals surface area contributed by atoms with E-state index < -0.39 is 10.0 Å². The SMILES string of the molecule is COCc1nc(CC(=O)NCCc2ccc(S(N)(=O)=O)cc2)cs1. The fraction of sp³-hybridized carbons (Fsp3) is 0.333. The quantitative estimate of drug-likeness (QED) is 0.716. The Balaban J connectivity index is 1.77. The highest BCUT2D eigenvalue weighted by atomic mass is 32.2. The van der Waals surface area contributed by atoms with E-state index in [1.54, 1.807) is 19.2 Å². The number of benzene rings is 1. The van der Waals surface area contributed by atoms with Crippen molar-refractivity contribution in [3.63, 3.8) is 0 Å². The lowest BCUT2D eigenvalue weighted by Gasteiger charge is -2.05. The van der Waals surface area contributed by atoms with E-state index in [0.29, 0.717) is 19.6 Å². The molecule has 1 amide bonds. The Morgan fingerprint density at radius 2 is 2.04 bits per heavy atom. The average molecular weight is 369 g/mol. The molecule has 7 nitrogen and oxygen atoms in total. The highest BCUT2D eigenvalue weighted by Gasteiger charge is 2.09. The number of amides is 1. The number of aromatic nitrogens is 1. The predicted molar refractivity (Wildman–Crippen MR) is 91.1 cm³/mol. The topological polar surface area (TPSA) is 111 Å². The molecule has 1 aromatic heterocycles. The van der Waals surface area contributed by atoms with Crippen molar-refractivity contribution in [2.45, 2.75) is 24.3 Å². The lowest BCUT2D eigenvalue weighted by atomic mass is 10.1. The molecule has 0 fully saturated rings. The van der Waals surface area contributed by atoms with Gasteiger partial charge in [0.1, 0.15) is 5.01 Å². The van der Waals surface area contributed by atoms with Crippen LogP contribution in [0.2, 0.25) is 0 Å². The van der Waals surface area contributed by atoms with Gasteiger partial charge in [-0.2, -0.15) is 0 Å². The van der Waals surface area contributed by atoms with Crippen LogP contribution in [0.5, 0.6) is 0 Å². The van der Waals surface area contributed by atoms with Gasteiger partial charge in [0.15, 0.2) is 0 Å².